The zero-order chi connectivity index (χ0) is 13.2. The molecule has 3 rings (SSSR count). The molecule has 0 fully saturated rings. The van der Waals surface area contributed by atoms with E-state index in [4.69, 9.17) is 4.98 Å². The van der Waals surface area contributed by atoms with Gasteiger partial charge in [-0.25, -0.2) is 4.98 Å². The number of aromatic nitrogens is 1. The molecule has 0 bridgehead atoms. The predicted octanol–water partition coefficient (Wildman–Crippen LogP) is 4.58. The fourth-order valence-electron chi connectivity index (χ4n) is 2.67. The van der Waals surface area contributed by atoms with Crippen molar-refractivity contribution in [1.82, 2.24) is 4.98 Å². The Morgan fingerprint density at radius 1 is 1.16 bits per heavy atom. The van der Waals surface area contributed by atoms with E-state index in [-0.39, 0.29) is 0 Å². The molecule has 96 valence electrons. The minimum absolute atomic E-state index is 1.07. The average molecular weight is 249 g/mol. The summed E-state index contributed by atoms with van der Waals surface area (Å²) >= 11 is 0. The van der Waals surface area contributed by atoms with Crippen molar-refractivity contribution in [2.45, 2.75) is 33.1 Å². The number of aryl methyl sites for hydroxylation is 3. The lowest BCUT2D eigenvalue weighted by molar-refractivity contribution is 0.965. The second-order valence-electron chi connectivity index (χ2n) is 5.24. The van der Waals surface area contributed by atoms with Crippen LogP contribution in [0.1, 0.15) is 35.7 Å². The number of hydrogen-bond donors (Lipinski definition) is 0. The van der Waals surface area contributed by atoms with Crippen molar-refractivity contribution in [2.24, 2.45) is 0 Å². The molecule has 0 N–H and O–H groups in total. The summed E-state index contributed by atoms with van der Waals surface area (Å²) in [5.74, 6) is 0. The van der Waals surface area contributed by atoms with E-state index < -0.39 is 0 Å². The highest BCUT2D eigenvalue weighted by Gasteiger charge is 2.08. The zero-order valence-electron chi connectivity index (χ0n) is 11.6. The Balaban J connectivity index is 2.07. The van der Waals surface area contributed by atoms with Gasteiger partial charge in [-0.3, -0.25) is 0 Å². The van der Waals surface area contributed by atoms with Crippen LogP contribution in [0.2, 0.25) is 0 Å². The average Bonchev–Trinajstić information content (AvgIpc) is 2.46. The Labute approximate surface area is 115 Å². The molecule has 1 nitrogen and oxygen atoms in total. The second kappa shape index (κ2) is 5.00. The topological polar surface area (TPSA) is 12.9 Å². The van der Waals surface area contributed by atoms with Gasteiger partial charge in [0.1, 0.15) is 0 Å². The number of allylic oxidation sites excluding steroid dienone is 1. The van der Waals surface area contributed by atoms with Crippen LogP contribution in [-0.4, -0.2) is 4.98 Å². The van der Waals surface area contributed by atoms with Gasteiger partial charge in [-0.2, -0.15) is 0 Å². The second-order valence-corrected chi connectivity index (χ2v) is 5.24. The molecule has 0 atom stereocenters. The van der Waals surface area contributed by atoms with E-state index in [1.165, 1.54) is 22.3 Å². The van der Waals surface area contributed by atoms with Crippen LogP contribution < -0.4 is 0 Å². The Morgan fingerprint density at radius 3 is 2.89 bits per heavy atom. The lowest BCUT2D eigenvalue weighted by atomic mass is 9.98. The monoisotopic (exact) mass is 249 g/mol. The highest BCUT2D eigenvalue weighted by Crippen LogP contribution is 2.25. The van der Waals surface area contributed by atoms with E-state index >= 15 is 0 Å². The summed E-state index contributed by atoms with van der Waals surface area (Å²) in [7, 11) is 0. The number of pyridine rings is 1. The van der Waals surface area contributed by atoms with Crippen LogP contribution in [0.4, 0.5) is 0 Å². The third-order valence-corrected chi connectivity index (χ3v) is 3.71. The molecular weight excluding hydrogens is 230 g/mol. The van der Waals surface area contributed by atoms with Gasteiger partial charge in [-0.05, 0) is 61.6 Å². The van der Waals surface area contributed by atoms with Crippen molar-refractivity contribution in [3.05, 3.63) is 58.8 Å². The van der Waals surface area contributed by atoms with Gasteiger partial charge in [0.25, 0.3) is 0 Å². The van der Waals surface area contributed by atoms with Gasteiger partial charge in [0, 0.05) is 5.56 Å². The van der Waals surface area contributed by atoms with Crippen molar-refractivity contribution in [2.75, 3.05) is 0 Å². The van der Waals surface area contributed by atoms with Crippen molar-refractivity contribution >= 4 is 6.08 Å². The van der Waals surface area contributed by atoms with E-state index in [0.717, 1.165) is 30.7 Å². The molecule has 1 aromatic carbocycles. The van der Waals surface area contributed by atoms with Gasteiger partial charge in [-0.15, -0.1) is 0 Å². The summed E-state index contributed by atoms with van der Waals surface area (Å²) in [4.78, 5) is 4.81. The largest absolute Gasteiger partial charge is 0.248 e. The summed E-state index contributed by atoms with van der Waals surface area (Å²) < 4.78 is 0. The Kier molecular flexibility index (Phi) is 3.20. The SMILES string of the molecule is CCc1cc(C)cc(-c2ccc3c(n2)C=CCC3)c1. The predicted molar refractivity (Wildman–Crippen MR) is 81.1 cm³/mol. The quantitative estimate of drug-likeness (QED) is 0.759. The maximum Gasteiger partial charge on any atom is 0.0709 e. The standard InChI is InChI=1S/C18H19N/c1-3-14-10-13(2)11-16(12-14)18-9-8-15-6-4-5-7-17(15)19-18/h5,7-12H,3-4,6H2,1-2H3. The number of rotatable bonds is 2. The van der Waals surface area contributed by atoms with Crippen molar-refractivity contribution in [3.63, 3.8) is 0 Å². The number of nitrogens with zero attached hydrogens (tertiary/aromatic N) is 1. The molecule has 0 saturated heterocycles. The fourth-order valence-corrected chi connectivity index (χ4v) is 2.67. The molecule has 0 radical (unpaired) electrons. The van der Waals surface area contributed by atoms with E-state index in [0.29, 0.717) is 0 Å². The molecule has 2 aromatic rings. The van der Waals surface area contributed by atoms with Crippen LogP contribution in [0, 0.1) is 6.92 Å². The van der Waals surface area contributed by atoms with Gasteiger partial charge in [0.15, 0.2) is 0 Å². The summed E-state index contributed by atoms with van der Waals surface area (Å²) in [6.07, 6.45) is 7.69. The van der Waals surface area contributed by atoms with E-state index in [2.05, 4.69) is 56.3 Å². The summed E-state index contributed by atoms with van der Waals surface area (Å²) in [5, 5.41) is 0. The highest BCUT2D eigenvalue weighted by molar-refractivity contribution is 5.65. The minimum Gasteiger partial charge on any atom is -0.248 e. The summed E-state index contributed by atoms with van der Waals surface area (Å²) in [6, 6.07) is 11.1. The Morgan fingerprint density at radius 2 is 2.05 bits per heavy atom. The first-order valence-corrected chi connectivity index (χ1v) is 7.03. The third-order valence-electron chi connectivity index (χ3n) is 3.71. The lowest BCUT2D eigenvalue weighted by Gasteiger charge is -2.12. The van der Waals surface area contributed by atoms with Gasteiger partial charge in [0.05, 0.1) is 11.4 Å². The zero-order valence-corrected chi connectivity index (χ0v) is 11.6. The lowest BCUT2D eigenvalue weighted by Crippen LogP contribution is -1.98. The number of fused-ring (bicyclic) bond motifs is 1. The molecule has 0 spiro atoms. The molecule has 1 heteroatoms. The van der Waals surface area contributed by atoms with Gasteiger partial charge < -0.3 is 0 Å². The molecule has 1 aromatic heterocycles. The molecule has 0 saturated carbocycles. The Bertz CT molecular complexity index is 638. The van der Waals surface area contributed by atoms with E-state index in [9.17, 15) is 0 Å². The van der Waals surface area contributed by atoms with Crippen LogP contribution in [0.3, 0.4) is 0 Å². The molecule has 1 aliphatic carbocycles. The molecule has 1 aliphatic rings. The molecule has 0 unspecified atom stereocenters. The smallest absolute Gasteiger partial charge is 0.0709 e. The fraction of sp³-hybridized carbons (Fsp3) is 0.278. The maximum atomic E-state index is 4.81. The molecule has 1 heterocycles. The molecular formula is C18H19N. The van der Waals surface area contributed by atoms with E-state index in [1.54, 1.807) is 0 Å². The van der Waals surface area contributed by atoms with Crippen LogP contribution in [0.5, 0.6) is 0 Å². The van der Waals surface area contributed by atoms with Crippen molar-refractivity contribution in [1.29, 1.82) is 0 Å². The van der Waals surface area contributed by atoms with Crippen LogP contribution >= 0.6 is 0 Å². The molecule has 19 heavy (non-hydrogen) atoms. The van der Waals surface area contributed by atoms with Crippen LogP contribution in [0.15, 0.2) is 36.4 Å². The first-order valence-electron chi connectivity index (χ1n) is 7.03. The van der Waals surface area contributed by atoms with Gasteiger partial charge >= 0.3 is 0 Å². The highest BCUT2D eigenvalue weighted by atomic mass is 14.7. The summed E-state index contributed by atoms with van der Waals surface area (Å²) in [6.45, 7) is 4.35. The normalized spacial score (nSPS) is 13.4. The van der Waals surface area contributed by atoms with Gasteiger partial charge in [-0.1, -0.05) is 30.7 Å². The third kappa shape index (κ3) is 2.46. The maximum absolute atomic E-state index is 4.81. The van der Waals surface area contributed by atoms with Crippen LogP contribution in [-0.2, 0) is 12.8 Å². The van der Waals surface area contributed by atoms with Crippen molar-refractivity contribution < 1.29 is 0 Å². The number of hydrogen-bond acceptors (Lipinski definition) is 1. The van der Waals surface area contributed by atoms with Crippen molar-refractivity contribution in [3.8, 4) is 11.3 Å². The van der Waals surface area contributed by atoms with Gasteiger partial charge in [0.2, 0.25) is 0 Å². The van der Waals surface area contributed by atoms with E-state index in [1.807, 2.05) is 0 Å². The summed E-state index contributed by atoms with van der Waals surface area (Å²) in [5.41, 5.74) is 7.52. The first-order chi connectivity index (χ1) is 9.26. The molecule has 0 amide bonds. The Hall–Kier alpha value is -1.89. The number of benzene rings is 1. The minimum atomic E-state index is 1.07. The molecule has 0 aliphatic heterocycles. The van der Waals surface area contributed by atoms with Crippen LogP contribution in [0.25, 0.3) is 17.3 Å². The first kappa shape index (κ1) is 12.2.